The highest BCUT2D eigenvalue weighted by Gasteiger charge is 2.38. The van der Waals surface area contributed by atoms with Crippen LogP contribution in [-0.4, -0.2) is 45.3 Å². The molecule has 0 bridgehead atoms. The minimum Gasteiger partial charge on any atom is -0.480 e. The fourth-order valence-corrected chi connectivity index (χ4v) is 5.69. The summed E-state index contributed by atoms with van der Waals surface area (Å²) < 4.78 is 47.5. The zero-order valence-electron chi connectivity index (χ0n) is 19.9. The number of amides is 1. The monoisotopic (exact) mass is 536 g/mol. The zero-order chi connectivity index (χ0) is 26.5. The van der Waals surface area contributed by atoms with Crippen LogP contribution in [0.5, 0.6) is 5.88 Å². The fourth-order valence-electron chi connectivity index (χ4n) is 3.95. The van der Waals surface area contributed by atoms with E-state index in [1.54, 1.807) is 6.92 Å². The van der Waals surface area contributed by atoms with Crippen LogP contribution in [0.15, 0.2) is 24.3 Å². The van der Waals surface area contributed by atoms with Crippen molar-refractivity contribution >= 4 is 39.1 Å². The molecule has 9 nitrogen and oxygen atoms in total. The molecule has 3 rings (SSSR count). The quantitative estimate of drug-likeness (QED) is 0.481. The molecular weight excluding hydrogens is 511 g/mol. The largest absolute Gasteiger partial charge is 0.480 e. The average molecular weight is 537 g/mol. The number of carbonyl (C=O) groups excluding carboxylic acids is 2. The van der Waals surface area contributed by atoms with Crippen molar-refractivity contribution in [1.82, 2.24) is 10.3 Å². The van der Waals surface area contributed by atoms with Gasteiger partial charge in [-0.1, -0.05) is 24.6 Å². The lowest BCUT2D eigenvalue weighted by Gasteiger charge is -2.29. The number of methoxy groups -OCH3 is 1. The van der Waals surface area contributed by atoms with Crippen molar-refractivity contribution in [1.29, 1.82) is 5.26 Å². The molecule has 1 fully saturated rings. The molecule has 1 aromatic heterocycles. The molecule has 1 saturated heterocycles. The van der Waals surface area contributed by atoms with Gasteiger partial charge in [-0.25, -0.2) is 12.8 Å². The molecule has 12 heteroatoms. The first-order valence-electron chi connectivity index (χ1n) is 11.4. The molecule has 0 unspecified atom stereocenters. The molecule has 2 aromatic rings. The van der Waals surface area contributed by atoms with Crippen LogP contribution in [0.3, 0.4) is 0 Å². The number of ether oxygens (including phenoxy) is 1. The Morgan fingerprint density at radius 1 is 1.31 bits per heavy atom. The van der Waals surface area contributed by atoms with Gasteiger partial charge in [0.2, 0.25) is 21.8 Å². The normalized spacial score (nSPS) is 14.2. The number of anilines is 1. The van der Waals surface area contributed by atoms with E-state index in [-0.39, 0.29) is 39.8 Å². The summed E-state index contributed by atoms with van der Waals surface area (Å²) in [5.74, 6) is -4.22. The third kappa shape index (κ3) is 6.00. The van der Waals surface area contributed by atoms with Crippen LogP contribution in [0, 0.1) is 23.1 Å². The Hall–Kier alpha value is -3.07. The number of nitrogens with zero attached hydrogens (tertiary/aromatic N) is 3. The maximum atomic E-state index is 14.5. The number of aromatic nitrogens is 1. The number of nitrogens with one attached hydrogen (secondary N) is 1. The number of Topliss-reactive ketones (excluding diaryl/α,β-unsaturated/α-hetero) is 1. The van der Waals surface area contributed by atoms with E-state index >= 15 is 0 Å². The molecule has 0 radical (unpaired) electrons. The van der Waals surface area contributed by atoms with Gasteiger partial charge in [-0.3, -0.25) is 9.59 Å². The van der Waals surface area contributed by atoms with Gasteiger partial charge in [-0.2, -0.15) is 14.6 Å². The number of nitriles is 1. The van der Waals surface area contributed by atoms with E-state index in [0.717, 1.165) is 6.07 Å². The van der Waals surface area contributed by atoms with Crippen molar-refractivity contribution in [2.75, 3.05) is 24.5 Å². The van der Waals surface area contributed by atoms with Gasteiger partial charge < -0.3 is 10.1 Å². The predicted octanol–water partition coefficient (Wildman–Crippen LogP) is 3.60. The predicted molar refractivity (Wildman–Crippen MR) is 132 cm³/mol. The number of rotatable bonds is 9. The number of carbonyl (C=O) groups is 2. The van der Waals surface area contributed by atoms with E-state index in [4.69, 9.17) is 16.3 Å². The second kappa shape index (κ2) is 11.8. The Morgan fingerprint density at radius 3 is 2.58 bits per heavy atom. The summed E-state index contributed by atoms with van der Waals surface area (Å²) in [4.78, 5) is 30.3. The number of pyridine rings is 1. The van der Waals surface area contributed by atoms with Gasteiger partial charge in [0.05, 0.1) is 24.0 Å². The number of hydrogen-bond donors (Lipinski definition) is 1. The van der Waals surface area contributed by atoms with Gasteiger partial charge >= 0.3 is 0 Å². The number of benzene rings is 1. The maximum absolute atomic E-state index is 14.5. The van der Waals surface area contributed by atoms with Gasteiger partial charge in [-0.15, -0.1) is 0 Å². The van der Waals surface area contributed by atoms with Gasteiger partial charge in [0.25, 0.3) is 0 Å². The summed E-state index contributed by atoms with van der Waals surface area (Å²) in [7, 11) is -3.34. The third-order valence-electron chi connectivity index (χ3n) is 5.77. The van der Waals surface area contributed by atoms with Crippen molar-refractivity contribution in [3.8, 4) is 11.9 Å². The van der Waals surface area contributed by atoms with Gasteiger partial charge in [0.15, 0.2) is 11.6 Å². The van der Waals surface area contributed by atoms with Gasteiger partial charge in [0.1, 0.15) is 11.9 Å². The summed E-state index contributed by atoms with van der Waals surface area (Å²) >= 11 is 5.79. The van der Waals surface area contributed by atoms with Crippen LogP contribution in [0.2, 0.25) is 5.02 Å². The lowest BCUT2D eigenvalue weighted by molar-refractivity contribution is -0.121. The Bertz CT molecular complexity index is 1310. The molecule has 36 heavy (non-hydrogen) atoms. The zero-order valence-corrected chi connectivity index (χ0v) is 21.5. The number of ketones is 1. The molecule has 1 amide bonds. The van der Waals surface area contributed by atoms with Crippen LogP contribution >= 0.6 is 11.6 Å². The number of halogens is 2. The van der Waals surface area contributed by atoms with Crippen molar-refractivity contribution in [2.45, 2.75) is 38.4 Å². The molecule has 192 valence electrons. The summed E-state index contributed by atoms with van der Waals surface area (Å²) in [6.45, 7) is 2.81. The topological polar surface area (TPSA) is 129 Å². The lowest BCUT2D eigenvalue weighted by atomic mass is 9.97. The van der Waals surface area contributed by atoms with E-state index in [2.05, 4.69) is 10.3 Å². The second-order valence-corrected chi connectivity index (χ2v) is 10.6. The Labute approximate surface area is 214 Å². The molecular formula is C24H26ClFN4O5S. The minimum atomic E-state index is -4.59. The summed E-state index contributed by atoms with van der Waals surface area (Å²) in [5.41, 5.74) is -0.490. The van der Waals surface area contributed by atoms with Crippen LogP contribution < -0.4 is 14.4 Å². The van der Waals surface area contributed by atoms with Crippen LogP contribution in [0.25, 0.3) is 0 Å². The molecule has 0 spiro atoms. The summed E-state index contributed by atoms with van der Waals surface area (Å²) in [5, 5.41) is 13.0. The Balaban J connectivity index is 2.18. The molecule has 0 atom stereocenters. The average Bonchev–Trinajstić information content (AvgIpc) is 2.85. The van der Waals surface area contributed by atoms with E-state index in [1.165, 1.54) is 25.3 Å². The lowest BCUT2D eigenvalue weighted by Crippen LogP contribution is -2.45. The highest BCUT2D eigenvalue weighted by Crippen LogP contribution is 2.32. The molecule has 0 aliphatic carbocycles. The molecule has 1 aliphatic heterocycles. The van der Waals surface area contributed by atoms with Gasteiger partial charge in [-0.05, 0) is 50.6 Å². The molecule has 1 aliphatic rings. The highest BCUT2D eigenvalue weighted by molar-refractivity contribution is 7.92. The second-order valence-electron chi connectivity index (χ2n) is 8.32. The first kappa shape index (κ1) is 27.5. The maximum Gasteiger partial charge on any atom is 0.247 e. The van der Waals surface area contributed by atoms with Crippen LogP contribution in [-0.2, 0) is 20.6 Å². The van der Waals surface area contributed by atoms with Crippen LogP contribution in [0.4, 0.5) is 10.2 Å². The number of sulfonamides is 1. The standard InChI is InChI=1S/C24H26ClFN4O5S/c1-3-4-21(31)19-11-17(13-27)22(29-23(19)35-2)30(24(32)15-7-9-28-10-8-15)36(33,34)14-16-5-6-18(25)12-20(16)26/h5-6,11-12,15,28H,3-4,7-10,14H2,1-2H3. The first-order chi connectivity index (χ1) is 17.1. The molecule has 0 saturated carbocycles. The Kier molecular flexibility index (Phi) is 9.00. The van der Waals surface area contributed by atoms with E-state index in [0.29, 0.717) is 36.7 Å². The molecule has 1 N–H and O–H groups in total. The van der Waals surface area contributed by atoms with Crippen molar-refractivity contribution in [2.24, 2.45) is 5.92 Å². The first-order valence-corrected chi connectivity index (χ1v) is 13.4. The Morgan fingerprint density at radius 2 is 2.00 bits per heavy atom. The van der Waals surface area contributed by atoms with Crippen LogP contribution in [0.1, 0.15) is 54.1 Å². The van der Waals surface area contributed by atoms with E-state index in [1.807, 2.05) is 6.07 Å². The van der Waals surface area contributed by atoms with E-state index < -0.39 is 39.2 Å². The smallest absolute Gasteiger partial charge is 0.247 e. The minimum absolute atomic E-state index is 0.00931. The van der Waals surface area contributed by atoms with Crippen molar-refractivity contribution < 1.29 is 27.1 Å². The van der Waals surface area contributed by atoms with Gasteiger partial charge in [0, 0.05) is 22.9 Å². The number of hydrogen-bond acceptors (Lipinski definition) is 8. The third-order valence-corrected chi connectivity index (χ3v) is 7.59. The van der Waals surface area contributed by atoms with Crippen molar-refractivity contribution in [3.05, 3.63) is 51.8 Å². The fraction of sp³-hybridized carbons (Fsp3) is 0.417. The molecule has 1 aromatic carbocycles. The summed E-state index contributed by atoms with van der Waals surface area (Å²) in [6, 6.07) is 6.55. The number of piperidine rings is 1. The molecule has 2 heterocycles. The van der Waals surface area contributed by atoms with E-state index in [9.17, 15) is 27.7 Å². The highest BCUT2D eigenvalue weighted by atomic mass is 35.5. The SMILES string of the molecule is CCCC(=O)c1cc(C#N)c(N(C(=O)C2CCNCC2)S(=O)(=O)Cc2ccc(Cl)cc2F)nc1OC. The van der Waals surface area contributed by atoms with Crippen molar-refractivity contribution in [3.63, 3.8) is 0 Å². The summed E-state index contributed by atoms with van der Waals surface area (Å²) in [6.07, 6.45) is 1.43.